The molecule has 0 rings (SSSR count). The molecule has 0 heterocycles. The molecular weight excluding hydrogens is 182 g/mol. The van der Waals surface area contributed by atoms with E-state index < -0.39 is 0 Å². The molecule has 0 spiro atoms. The second kappa shape index (κ2) is 7.47. The number of nitrogens with two attached hydrogens (primary N) is 1. The molecule has 15 heavy (non-hydrogen) atoms. The molecule has 0 saturated carbocycles. The van der Waals surface area contributed by atoms with Crippen molar-refractivity contribution in [1.29, 1.82) is 0 Å². The zero-order chi connectivity index (χ0) is 11.7. The van der Waals surface area contributed by atoms with E-state index in [1.165, 1.54) is 0 Å². The van der Waals surface area contributed by atoms with Crippen molar-refractivity contribution in [3.8, 4) is 0 Å². The summed E-state index contributed by atoms with van der Waals surface area (Å²) in [5, 5.41) is 0. The Labute approximate surface area is 94.8 Å². The Balaban J connectivity index is 4.69. The molecule has 1 atom stereocenters. The molecule has 0 aliphatic carbocycles. The third-order valence-electron chi connectivity index (χ3n) is 2.95. The Bertz CT molecular complexity index is 195. The van der Waals surface area contributed by atoms with Crippen LogP contribution in [0.25, 0.3) is 0 Å². The highest BCUT2D eigenvalue weighted by atomic mass is 14.8. The van der Waals surface area contributed by atoms with E-state index in [-0.39, 0.29) is 5.54 Å². The fourth-order valence-electron chi connectivity index (χ4n) is 2.14. The molecule has 0 saturated heterocycles. The van der Waals surface area contributed by atoms with Gasteiger partial charge in [-0.05, 0) is 31.6 Å². The van der Waals surface area contributed by atoms with Crippen LogP contribution in [0.2, 0.25) is 0 Å². The fraction of sp³-hybridized carbons (Fsp3) is 0.571. The number of allylic oxidation sites excluding steroid dienone is 1. The van der Waals surface area contributed by atoms with E-state index in [0.29, 0.717) is 5.92 Å². The predicted octanol–water partition coefficient (Wildman–Crippen LogP) is 3.83. The van der Waals surface area contributed by atoms with Crippen molar-refractivity contribution >= 4 is 0 Å². The lowest BCUT2D eigenvalue weighted by atomic mass is 9.75. The van der Waals surface area contributed by atoms with Crippen molar-refractivity contribution in [2.45, 2.75) is 44.6 Å². The van der Waals surface area contributed by atoms with Crippen molar-refractivity contribution in [2.75, 3.05) is 0 Å². The maximum Gasteiger partial charge on any atom is 0.0255 e. The first kappa shape index (κ1) is 14.2. The first-order valence-electron chi connectivity index (χ1n) is 5.76. The average Bonchev–Trinajstić information content (AvgIpc) is 2.18. The molecule has 86 valence electrons. The summed E-state index contributed by atoms with van der Waals surface area (Å²) >= 11 is 0. The molecule has 0 radical (unpaired) electrons. The van der Waals surface area contributed by atoms with E-state index in [4.69, 9.17) is 5.73 Å². The van der Waals surface area contributed by atoms with Crippen LogP contribution in [0.3, 0.4) is 0 Å². The lowest BCUT2D eigenvalue weighted by Crippen LogP contribution is -2.46. The normalized spacial score (nSPS) is 13.2. The summed E-state index contributed by atoms with van der Waals surface area (Å²) in [5.41, 5.74) is 6.26. The highest BCUT2D eigenvalue weighted by Gasteiger charge is 2.30. The zero-order valence-corrected chi connectivity index (χ0v) is 10.0. The standard InChI is InChI=1S/C14H25N/c1-5-9-13(10-6-2)14(15,11-7-3)12-8-4/h5,7-8,13H,1,3-4,6,9-12,15H2,2H3. The quantitative estimate of drug-likeness (QED) is 0.571. The van der Waals surface area contributed by atoms with Gasteiger partial charge in [-0.25, -0.2) is 0 Å². The fourth-order valence-corrected chi connectivity index (χ4v) is 2.14. The summed E-state index contributed by atoms with van der Waals surface area (Å²) in [6, 6.07) is 0. The molecule has 0 aliphatic rings. The van der Waals surface area contributed by atoms with Crippen molar-refractivity contribution < 1.29 is 0 Å². The zero-order valence-electron chi connectivity index (χ0n) is 10.0. The monoisotopic (exact) mass is 207 g/mol. The molecule has 1 unspecified atom stereocenters. The Hall–Kier alpha value is -0.820. The van der Waals surface area contributed by atoms with Crippen LogP contribution < -0.4 is 5.73 Å². The predicted molar refractivity (Wildman–Crippen MR) is 69.8 cm³/mol. The van der Waals surface area contributed by atoms with Gasteiger partial charge >= 0.3 is 0 Å². The number of hydrogen-bond donors (Lipinski definition) is 1. The van der Waals surface area contributed by atoms with Crippen LogP contribution >= 0.6 is 0 Å². The van der Waals surface area contributed by atoms with Crippen LogP contribution in [0.1, 0.15) is 39.0 Å². The lowest BCUT2D eigenvalue weighted by Gasteiger charge is -2.36. The van der Waals surface area contributed by atoms with E-state index >= 15 is 0 Å². The molecule has 0 bridgehead atoms. The van der Waals surface area contributed by atoms with Gasteiger partial charge in [0.1, 0.15) is 0 Å². The highest BCUT2D eigenvalue weighted by Crippen LogP contribution is 2.30. The van der Waals surface area contributed by atoms with Gasteiger partial charge in [-0.15, -0.1) is 19.7 Å². The molecule has 0 fully saturated rings. The third-order valence-corrected chi connectivity index (χ3v) is 2.95. The highest BCUT2D eigenvalue weighted by molar-refractivity contribution is 5.01. The number of hydrogen-bond acceptors (Lipinski definition) is 1. The molecule has 0 aromatic rings. The van der Waals surface area contributed by atoms with Gasteiger partial charge in [0, 0.05) is 5.54 Å². The van der Waals surface area contributed by atoms with Crippen molar-refractivity contribution in [2.24, 2.45) is 11.7 Å². The van der Waals surface area contributed by atoms with Gasteiger partial charge in [-0.3, -0.25) is 0 Å². The van der Waals surface area contributed by atoms with Crippen molar-refractivity contribution in [3.63, 3.8) is 0 Å². The first-order valence-corrected chi connectivity index (χ1v) is 5.76. The molecule has 0 aliphatic heterocycles. The molecule has 0 aromatic carbocycles. The topological polar surface area (TPSA) is 26.0 Å². The molecule has 2 N–H and O–H groups in total. The smallest absolute Gasteiger partial charge is 0.0255 e. The Kier molecular flexibility index (Phi) is 7.06. The van der Waals surface area contributed by atoms with Gasteiger partial charge in [-0.2, -0.15) is 0 Å². The Morgan fingerprint density at radius 1 is 1.13 bits per heavy atom. The van der Waals surface area contributed by atoms with Gasteiger partial charge in [-0.1, -0.05) is 31.6 Å². The van der Waals surface area contributed by atoms with E-state index in [2.05, 4.69) is 26.7 Å². The summed E-state index contributed by atoms with van der Waals surface area (Å²) in [6.45, 7) is 13.6. The van der Waals surface area contributed by atoms with Crippen LogP contribution in [0.4, 0.5) is 0 Å². The van der Waals surface area contributed by atoms with Gasteiger partial charge in [0.2, 0.25) is 0 Å². The summed E-state index contributed by atoms with van der Waals surface area (Å²) in [7, 11) is 0. The summed E-state index contributed by atoms with van der Waals surface area (Å²) in [5.74, 6) is 0.482. The van der Waals surface area contributed by atoms with Crippen molar-refractivity contribution in [3.05, 3.63) is 38.0 Å². The summed E-state index contributed by atoms with van der Waals surface area (Å²) in [6.07, 6.45) is 10.8. The second-order valence-corrected chi connectivity index (χ2v) is 4.23. The average molecular weight is 207 g/mol. The molecule has 0 amide bonds. The largest absolute Gasteiger partial charge is 0.324 e. The minimum absolute atomic E-state index is 0.187. The maximum atomic E-state index is 6.45. The third kappa shape index (κ3) is 4.48. The second-order valence-electron chi connectivity index (χ2n) is 4.23. The van der Waals surface area contributed by atoms with Crippen molar-refractivity contribution in [1.82, 2.24) is 0 Å². The van der Waals surface area contributed by atoms with E-state index in [9.17, 15) is 0 Å². The summed E-state index contributed by atoms with van der Waals surface area (Å²) < 4.78 is 0. The Morgan fingerprint density at radius 2 is 1.67 bits per heavy atom. The van der Waals surface area contributed by atoms with Crippen LogP contribution in [-0.4, -0.2) is 5.54 Å². The van der Waals surface area contributed by atoms with Crippen LogP contribution in [0, 0.1) is 5.92 Å². The van der Waals surface area contributed by atoms with E-state index in [0.717, 1.165) is 32.1 Å². The first-order chi connectivity index (χ1) is 7.14. The summed E-state index contributed by atoms with van der Waals surface area (Å²) in [4.78, 5) is 0. The minimum Gasteiger partial charge on any atom is -0.324 e. The van der Waals surface area contributed by atoms with Gasteiger partial charge in [0.15, 0.2) is 0 Å². The SMILES string of the molecule is C=CCC(CCC)C(N)(CC=C)CC=C. The molecule has 0 aromatic heterocycles. The molecule has 1 nitrogen and oxygen atoms in total. The number of rotatable bonds is 9. The molecular formula is C14H25N. The van der Waals surface area contributed by atoms with Crippen LogP contribution in [0.15, 0.2) is 38.0 Å². The van der Waals surface area contributed by atoms with Gasteiger partial charge in [0.25, 0.3) is 0 Å². The van der Waals surface area contributed by atoms with Gasteiger partial charge in [0.05, 0.1) is 0 Å². The molecule has 1 heteroatoms. The Morgan fingerprint density at radius 3 is 2.00 bits per heavy atom. The maximum absolute atomic E-state index is 6.45. The van der Waals surface area contributed by atoms with E-state index in [1.54, 1.807) is 0 Å². The minimum atomic E-state index is -0.187. The van der Waals surface area contributed by atoms with Gasteiger partial charge < -0.3 is 5.73 Å². The lowest BCUT2D eigenvalue weighted by molar-refractivity contribution is 0.257. The van der Waals surface area contributed by atoms with Crippen LogP contribution in [0.5, 0.6) is 0 Å². The van der Waals surface area contributed by atoms with Crippen LogP contribution in [-0.2, 0) is 0 Å². The van der Waals surface area contributed by atoms with E-state index in [1.807, 2.05) is 18.2 Å².